The highest BCUT2D eigenvalue weighted by Gasteiger charge is 2.07. The smallest absolute Gasteiger partial charge is 0.293 e. The molecule has 0 aliphatic carbocycles. The first-order valence-electron chi connectivity index (χ1n) is 9.97. The Hall–Kier alpha value is -1.89. The Morgan fingerprint density at radius 3 is 1.61 bits per heavy atom. The molecule has 0 saturated heterocycles. The Balaban J connectivity index is -0.0000000831. The number of nitrogens with zero attached hydrogens (tertiary/aromatic N) is 1. The fourth-order valence-electron chi connectivity index (χ4n) is 0.983. The Labute approximate surface area is 174 Å². The molecule has 0 radical (unpaired) electrons. The minimum atomic E-state index is -0.318. The molecule has 0 aromatic carbocycles. The molecule has 0 aliphatic rings. The van der Waals surface area contributed by atoms with E-state index in [2.05, 4.69) is 20.5 Å². The Morgan fingerprint density at radius 1 is 1.11 bits per heavy atom. The average molecular weight is 406 g/mol. The predicted molar refractivity (Wildman–Crippen MR) is 120 cm³/mol. The zero-order valence-corrected chi connectivity index (χ0v) is 20.8. The standard InChI is InChI=1S/C5H12N2O.C5H7NO.C5H10O2.3C2H6/c1-4(6-2)5(8)7-3;1-4-3-5(2)7-6-4;1-5(2,3)7-4-6;3*1-2/h4,6H,1-3H3,(H,7,8);3H,1-2H3;4H,1-3H3;3*1-2H3. The van der Waals surface area contributed by atoms with Gasteiger partial charge in [-0.15, -0.1) is 0 Å². The number of rotatable bonds is 3. The molecule has 28 heavy (non-hydrogen) atoms. The minimum absolute atomic E-state index is 0.0208. The summed E-state index contributed by atoms with van der Waals surface area (Å²) in [6.45, 7) is 23.5. The van der Waals surface area contributed by atoms with Crippen molar-refractivity contribution in [2.45, 2.75) is 94.7 Å². The zero-order valence-electron chi connectivity index (χ0n) is 20.8. The highest BCUT2D eigenvalue weighted by atomic mass is 16.5. The van der Waals surface area contributed by atoms with Crippen LogP contribution in [-0.4, -0.2) is 43.3 Å². The summed E-state index contributed by atoms with van der Waals surface area (Å²) in [5.74, 6) is 0.894. The summed E-state index contributed by atoms with van der Waals surface area (Å²) in [5.41, 5.74) is 0.624. The van der Waals surface area contributed by atoms with Crippen LogP contribution in [0.1, 0.15) is 80.7 Å². The van der Waals surface area contributed by atoms with Crippen LogP contribution in [-0.2, 0) is 14.3 Å². The quantitative estimate of drug-likeness (QED) is 0.710. The molecule has 1 amide bonds. The van der Waals surface area contributed by atoms with Gasteiger partial charge in [-0.3, -0.25) is 9.59 Å². The molecule has 7 nitrogen and oxygen atoms in total. The second kappa shape index (κ2) is 27.3. The summed E-state index contributed by atoms with van der Waals surface area (Å²) in [6, 6.07) is 1.81. The van der Waals surface area contributed by atoms with Gasteiger partial charge in [0.1, 0.15) is 11.4 Å². The first kappa shape index (κ1) is 36.9. The van der Waals surface area contributed by atoms with Gasteiger partial charge in [0.15, 0.2) is 0 Å². The number of nitrogens with one attached hydrogen (secondary N) is 2. The van der Waals surface area contributed by atoms with E-state index in [4.69, 9.17) is 4.52 Å². The van der Waals surface area contributed by atoms with Crippen LogP contribution >= 0.6 is 0 Å². The van der Waals surface area contributed by atoms with Crippen LogP contribution in [0, 0.1) is 13.8 Å². The molecule has 1 heterocycles. The zero-order chi connectivity index (χ0) is 23.8. The summed E-state index contributed by atoms with van der Waals surface area (Å²) in [5, 5.41) is 8.96. The molecule has 2 N–H and O–H groups in total. The van der Waals surface area contributed by atoms with E-state index < -0.39 is 0 Å². The molecule has 1 aromatic heterocycles. The molecule has 1 rings (SSSR count). The average Bonchev–Trinajstić information content (AvgIpc) is 3.08. The van der Waals surface area contributed by atoms with Gasteiger partial charge in [0, 0.05) is 13.1 Å². The van der Waals surface area contributed by atoms with E-state index in [1.807, 2.05) is 82.2 Å². The van der Waals surface area contributed by atoms with Gasteiger partial charge in [0.2, 0.25) is 5.91 Å². The highest BCUT2D eigenvalue weighted by Crippen LogP contribution is 2.02. The van der Waals surface area contributed by atoms with Crippen molar-refractivity contribution >= 4 is 12.4 Å². The van der Waals surface area contributed by atoms with Crippen molar-refractivity contribution in [2.75, 3.05) is 14.1 Å². The first-order valence-corrected chi connectivity index (χ1v) is 9.97. The van der Waals surface area contributed by atoms with Crippen molar-refractivity contribution in [3.8, 4) is 0 Å². The second-order valence-corrected chi connectivity index (χ2v) is 5.53. The number of aromatic nitrogens is 1. The van der Waals surface area contributed by atoms with E-state index in [9.17, 15) is 9.59 Å². The predicted octanol–water partition coefficient (Wildman–Crippen LogP) is 4.67. The van der Waals surface area contributed by atoms with Crippen LogP contribution in [0.25, 0.3) is 0 Å². The SMILES string of the molecule is CC.CC.CC.CC(C)(C)OC=O.CNC(=O)C(C)NC.Cc1cc(C)on1. The summed E-state index contributed by atoms with van der Waals surface area (Å²) < 4.78 is 9.26. The number of carbonyl (C=O) groups is 2. The number of ether oxygens (including phenoxy) is 1. The Morgan fingerprint density at radius 2 is 1.54 bits per heavy atom. The van der Waals surface area contributed by atoms with Crippen molar-refractivity contribution in [3.05, 3.63) is 17.5 Å². The van der Waals surface area contributed by atoms with Crippen LogP contribution in [0.4, 0.5) is 0 Å². The number of hydrogen-bond acceptors (Lipinski definition) is 6. The maximum Gasteiger partial charge on any atom is 0.293 e. The van der Waals surface area contributed by atoms with Crippen LogP contribution in [0.2, 0.25) is 0 Å². The lowest BCUT2D eigenvalue weighted by atomic mass is 10.2. The molecular formula is C21H47N3O4. The van der Waals surface area contributed by atoms with Crippen molar-refractivity contribution < 1.29 is 18.8 Å². The van der Waals surface area contributed by atoms with Gasteiger partial charge in [-0.1, -0.05) is 46.7 Å². The molecule has 1 aromatic rings. The lowest BCUT2D eigenvalue weighted by molar-refractivity contribution is -0.138. The minimum Gasteiger partial charge on any atom is -0.462 e. The Bertz CT molecular complexity index is 411. The number of amides is 1. The van der Waals surface area contributed by atoms with Crippen molar-refractivity contribution in [1.82, 2.24) is 15.8 Å². The summed E-state index contributed by atoms with van der Waals surface area (Å²) >= 11 is 0. The van der Waals surface area contributed by atoms with E-state index >= 15 is 0 Å². The summed E-state index contributed by atoms with van der Waals surface area (Å²) in [7, 11) is 3.37. The van der Waals surface area contributed by atoms with E-state index in [1.165, 1.54) is 0 Å². The van der Waals surface area contributed by atoms with Crippen LogP contribution in [0.15, 0.2) is 10.6 Å². The van der Waals surface area contributed by atoms with E-state index in [0.717, 1.165) is 11.5 Å². The molecule has 1 unspecified atom stereocenters. The highest BCUT2D eigenvalue weighted by molar-refractivity contribution is 5.80. The van der Waals surface area contributed by atoms with Crippen LogP contribution in [0.5, 0.6) is 0 Å². The van der Waals surface area contributed by atoms with Gasteiger partial charge < -0.3 is 19.9 Å². The Kier molecular flexibility index (Phi) is 36.1. The van der Waals surface area contributed by atoms with Gasteiger partial charge >= 0.3 is 0 Å². The lowest BCUT2D eigenvalue weighted by Crippen LogP contribution is -2.38. The monoisotopic (exact) mass is 405 g/mol. The van der Waals surface area contributed by atoms with Crippen molar-refractivity contribution in [3.63, 3.8) is 0 Å². The number of aryl methyl sites for hydroxylation is 2. The molecule has 170 valence electrons. The topological polar surface area (TPSA) is 93.5 Å². The number of likely N-dealkylation sites (N-methyl/N-ethyl adjacent to an activating group) is 2. The molecule has 0 aliphatic heterocycles. The van der Waals surface area contributed by atoms with Crippen molar-refractivity contribution in [1.29, 1.82) is 0 Å². The van der Waals surface area contributed by atoms with E-state index in [0.29, 0.717) is 6.47 Å². The maximum absolute atomic E-state index is 10.6. The van der Waals surface area contributed by atoms with Gasteiger partial charge in [0.05, 0.1) is 11.7 Å². The van der Waals surface area contributed by atoms with Crippen LogP contribution < -0.4 is 10.6 Å². The molecule has 7 heteroatoms. The normalized spacial score (nSPS) is 9.36. The molecule has 0 bridgehead atoms. The maximum atomic E-state index is 10.6. The first-order chi connectivity index (χ1) is 13.1. The third-order valence-corrected chi connectivity index (χ3v) is 2.22. The second-order valence-electron chi connectivity index (χ2n) is 5.53. The third-order valence-electron chi connectivity index (χ3n) is 2.22. The molecule has 0 spiro atoms. The van der Waals surface area contributed by atoms with Crippen molar-refractivity contribution in [2.24, 2.45) is 0 Å². The van der Waals surface area contributed by atoms with E-state index in [-0.39, 0.29) is 17.6 Å². The number of hydrogen-bond donors (Lipinski definition) is 2. The summed E-state index contributed by atoms with van der Waals surface area (Å²) in [6.07, 6.45) is 0. The van der Waals surface area contributed by atoms with Gasteiger partial charge in [-0.2, -0.15) is 0 Å². The van der Waals surface area contributed by atoms with Crippen LogP contribution in [0.3, 0.4) is 0 Å². The summed E-state index contributed by atoms with van der Waals surface area (Å²) in [4.78, 5) is 20.2. The van der Waals surface area contributed by atoms with Gasteiger partial charge in [-0.25, -0.2) is 0 Å². The fraction of sp³-hybridized carbons (Fsp3) is 0.762. The van der Waals surface area contributed by atoms with E-state index in [1.54, 1.807) is 21.0 Å². The molecule has 0 fully saturated rings. The largest absolute Gasteiger partial charge is 0.462 e. The molecule has 1 atom stereocenters. The van der Waals surface area contributed by atoms with Gasteiger partial charge in [-0.05, 0) is 48.6 Å². The number of carbonyl (C=O) groups excluding carboxylic acids is 2. The third kappa shape index (κ3) is 35.3. The fourth-order valence-corrected chi connectivity index (χ4v) is 0.983. The molecule has 0 saturated carbocycles. The van der Waals surface area contributed by atoms with Gasteiger partial charge in [0.25, 0.3) is 6.47 Å². The lowest BCUT2D eigenvalue weighted by Gasteiger charge is -2.14. The molecular weight excluding hydrogens is 358 g/mol.